The molecule has 3 aliphatic carbocycles. The summed E-state index contributed by atoms with van der Waals surface area (Å²) in [4.78, 5) is 15.1. The van der Waals surface area contributed by atoms with Crippen molar-refractivity contribution in [3.05, 3.63) is 69.4 Å². The van der Waals surface area contributed by atoms with E-state index in [1.165, 1.54) is 12.5 Å². The molecule has 5 nitrogen and oxygen atoms in total. The number of nitrogens with zero attached hydrogens (tertiary/aromatic N) is 1. The Labute approximate surface area is 196 Å². The maximum absolute atomic E-state index is 12.7. The molecule has 2 aliphatic heterocycles. The Morgan fingerprint density at radius 1 is 1.28 bits per heavy atom. The number of carbonyl (C=O) groups excluding carboxylic acids is 1. The number of carbonyl (C=O) groups is 1. The number of hydrogen-bond acceptors (Lipinski definition) is 5. The van der Waals surface area contributed by atoms with E-state index in [0.717, 1.165) is 35.0 Å². The number of aliphatic hydroxyl groups is 2. The van der Waals surface area contributed by atoms with Crippen LogP contribution in [0.3, 0.4) is 0 Å². The van der Waals surface area contributed by atoms with Gasteiger partial charge in [-0.25, -0.2) is 0 Å². The van der Waals surface area contributed by atoms with Crippen molar-refractivity contribution in [3.63, 3.8) is 0 Å². The molecule has 1 saturated heterocycles. The standard InChI is InChI=1S/C26H28BrNO4/c1-15(29)26(31)10-8-19-20-13-17-7-9-24(30,14-16-3-5-18(27)6-4-16)22-21(17)25(19,23(26)32-22)11-12-28(20)2/h3-8,10,19-20,23,30-31H,9,11-14H2,1-2H3/t19-,20+,23+,24?,25-,26+/m0/s1. The lowest BCUT2D eigenvalue weighted by molar-refractivity contribution is -0.165. The zero-order valence-electron chi connectivity index (χ0n) is 18.3. The first-order chi connectivity index (χ1) is 15.2. The third-order valence-electron chi connectivity index (χ3n) is 8.64. The maximum atomic E-state index is 12.7. The molecule has 5 aliphatic rings. The summed E-state index contributed by atoms with van der Waals surface area (Å²) < 4.78 is 7.58. The number of hydrogen-bond donors (Lipinski definition) is 2. The molecule has 1 aromatic carbocycles. The van der Waals surface area contributed by atoms with Gasteiger partial charge >= 0.3 is 0 Å². The lowest BCUT2D eigenvalue weighted by Gasteiger charge is -2.59. The van der Waals surface area contributed by atoms with Crippen LogP contribution in [0.2, 0.25) is 0 Å². The second-order valence-corrected chi connectivity index (χ2v) is 11.2. The van der Waals surface area contributed by atoms with Gasteiger partial charge in [-0.3, -0.25) is 4.79 Å². The van der Waals surface area contributed by atoms with Crippen molar-refractivity contribution in [1.29, 1.82) is 0 Å². The highest BCUT2D eigenvalue weighted by molar-refractivity contribution is 9.10. The van der Waals surface area contributed by atoms with Gasteiger partial charge in [0, 0.05) is 40.3 Å². The zero-order valence-corrected chi connectivity index (χ0v) is 19.9. The minimum absolute atomic E-state index is 0.144. The van der Waals surface area contributed by atoms with Crippen molar-refractivity contribution in [3.8, 4) is 0 Å². The van der Waals surface area contributed by atoms with Crippen molar-refractivity contribution in [2.45, 2.75) is 56.0 Å². The van der Waals surface area contributed by atoms with E-state index in [1.807, 2.05) is 24.3 Å². The summed E-state index contributed by atoms with van der Waals surface area (Å²) in [5.74, 6) is 0.416. The Morgan fingerprint density at radius 2 is 2.03 bits per heavy atom. The van der Waals surface area contributed by atoms with Crippen LogP contribution >= 0.6 is 15.9 Å². The fourth-order valence-corrected chi connectivity index (χ4v) is 7.28. The Bertz CT molecular complexity index is 1110. The number of likely N-dealkylation sites (tertiary alicyclic amines) is 1. The quantitative estimate of drug-likeness (QED) is 0.627. The van der Waals surface area contributed by atoms with Crippen LogP contribution in [-0.2, 0) is 16.0 Å². The lowest BCUT2D eigenvalue weighted by atomic mass is 9.49. The summed E-state index contributed by atoms with van der Waals surface area (Å²) in [5, 5.41) is 23.5. The predicted molar refractivity (Wildman–Crippen MR) is 124 cm³/mol. The number of ketones is 1. The fourth-order valence-electron chi connectivity index (χ4n) is 7.02. The van der Waals surface area contributed by atoms with Gasteiger partial charge in [0.25, 0.3) is 0 Å². The van der Waals surface area contributed by atoms with Gasteiger partial charge in [-0.15, -0.1) is 0 Å². The van der Waals surface area contributed by atoms with E-state index >= 15 is 0 Å². The van der Waals surface area contributed by atoms with Gasteiger partial charge in [-0.2, -0.15) is 0 Å². The van der Waals surface area contributed by atoms with Crippen LogP contribution in [0, 0.1) is 11.3 Å². The summed E-state index contributed by atoms with van der Waals surface area (Å²) in [7, 11) is 2.16. The van der Waals surface area contributed by atoms with E-state index in [9.17, 15) is 15.0 Å². The van der Waals surface area contributed by atoms with Crippen LogP contribution in [0.4, 0.5) is 0 Å². The van der Waals surface area contributed by atoms with Crippen LogP contribution in [-0.4, -0.2) is 57.8 Å². The molecule has 0 amide bonds. The molecule has 1 spiro atoms. The van der Waals surface area contributed by atoms with Gasteiger partial charge in [0.2, 0.25) is 0 Å². The molecule has 2 heterocycles. The predicted octanol–water partition coefficient (Wildman–Crippen LogP) is 3.31. The minimum atomic E-state index is -1.69. The van der Waals surface area contributed by atoms with Crippen LogP contribution in [0.15, 0.2) is 63.9 Å². The highest BCUT2D eigenvalue weighted by Crippen LogP contribution is 2.67. The second-order valence-electron chi connectivity index (χ2n) is 10.3. The first-order valence-electron chi connectivity index (χ1n) is 11.4. The average Bonchev–Trinajstić information content (AvgIpc) is 3.12. The molecule has 6 heteroatoms. The molecular weight excluding hydrogens is 470 g/mol. The van der Waals surface area contributed by atoms with E-state index in [1.54, 1.807) is 6.08 Å². The molecule has 2 N–H and O–H groups in total. The summed E-state index contributed by atoms with van der Waals surface area (Å²) >= 11 is 3.48. The highest BCUT2D eigenvalue weighted by atomic mass is 79.9. The third-order valence-corrected chi connectivity index (χ3v) is 9.17. The van der Waals surface area contributed by atoms with E-state index in [-0.39, 0.29) is 11.7 Å². The topological polar surface area (TPSA) is 70.0 Å². The monoisotopic (exact) mass is 497 g/mol. The van der Waals surface area contributed by atoms with Gasteiger partial charge in [0.1, 0.15) is 17.5 Å². The van der Waals surface area contributed by atoms with Crippen molar-refractivity contribution in [2.75, 3.05) is 13.6 Å². The van der Waals surface area contributed by atoms with E-state index in [0.29, 0.717) is 24.6 Å². The Kier molecular flexibility index (Phi) is 4.34. The molecular formula is C26H28BrNO4. The summed E-state index contributed by atoms with van der Waals surface area (Å²) in [6, 6.07) is 8.27. The van der Waals surface area contributed by atoms with Gasteiger partial charge < -0.3 is 19.8 Å². The number of piperidine rings is 1. The van der Waals surface area contributed by atoms with E-state index < -0.39 is 22.7 Å². The van der Waals surface area contributed by atoms with E-state index in [4.69, 9.17) is 4.74 Å². The smallest absolute Gasteiger partial charge is 0.178 e. The number of ether oxygens (including phenoxy) is 1. The molecule has 2 bridgehead atoms. The molecule has 32 heavy (non-hydrogen) atoms. The largest absolute Gasteiger partial charge is 0.487 e. The molecule has 6 atom stereocenters. The normalized spacial score (nSPS) is 41.8. The lowest BCUT2D eigenvalue weighted by Crippen LogP contribution is -2.67. The van der Waals surface area contributed by atoms with E-state index in [2.05, 4.69) is 40.0 Å². The summed E-state index contributed by atoms with van der Waals surface area (Å²) in [6.45, 7) is 2.31. The highest BCUT2D eigenvalue weighted by Gasteiger charge is 2.71. The van der Waals surface area contributed by atoms with Crippen LogP contribution in [0.5, 0.6) is 0 Å². The zero-order chi connectivity index (χ0) is 22.5. The Balaban J connectivity index is 1.52. The maximum Gasteiger partial charge on any atom is 0.178 e. The molecule has 1 saturated carbocycles. The van der Waals surface area contributed by atoms with Crippen molar-refractivity contribution >= 4 is 21.7 Å². The summed E-state index contributed by atoms with van der Waals surface area (Å²) in [6.07, 6.45) is 7.76. The Hall–Kier alpha value is -1.73. The number of halogens is 1. The molecule has 0 aromatic heterocycles. The molecule has 1 aromatic rings. The van der Waals surface area contributed by atoms with Gasteiger partial charge in [-0.05, 0) is 62.7 Å². The number of Topliss-reactive ketones (excluding diaryl/α,β-unsaturated/α-hetero) is 1. The minimum Gasteiger partial charge on any atom is -0.487 e. The summed E-state index contributed by atoms with van der Waals surface area (Å²) in [5.41, 5.74) is -0.0688. The molecule has 1 unspecified atom stereocenters. The van der Waals surface area contributed by atoms with Crippen LogP contribution in [0.25, 0.3) is 0 Å². The molecule has 0 radical (unpaired) electrons. The van der Waals surface area contributed by atoms with Crippen molar-refractivity contribution in [1.82, 2.24) is 4.90 Å². The third kappa shape index (κ3) is 2.52. The number of benzene rings is 1. The van der Waals surface area contributed by atoms with Gasteiger partial charge in [0.15, 0.2) is 11.4 Å². The molecule has 6 rings (SSSR count). The van der Waals surface area contributed by atoms with Crippen LogP contribution < -0.4 is 0 Å². The first kappa shape index (κ1) is 20.8. The first-order valence-corrected chi connectivity index (χ1v) is 12.2. The second kappa shape index (κ2) is 6.66. The van der Waals surface area contributed by atoms with Gasteiger partial charge in [0.05, 0.1) is 0 Å². The SMILES string of the molecule is CC(=O)[C@]1(O)C=C[C@H]2[C@H]3CC4=CCC(O)(Cc5ccc(Br)cc5)C5=C4[C@@]2(CCN3C)[C@H]1O5. The fraction of sp³-hybridized carbons (Fsp3) is 0.500. The van der Waals surface area contributed by atoms with Crippen LogP contribution in [0.1, 0.15) is 31.7 Å². The Morgan fingerprint density at radius 3 is 2.75 bits per heavy atom. The van der Waals surface area contributed by atoms with Crippen molar-refractivity contribution in [2.24, 2.45) is 11.3 Å². The number of rotatable bonds is 3. The average molecular weight is 498 g/mol. The molecule has 168 valence electrons. The molecule has 2 fully saturated rings. The van der Waals surface area contributed by atoms with Crippen molar-refractivity contribution < 1.29 is 19.7 Å². The van der Waals surface area contributed by atoms with Gasteiger partial charge in [-0.1, -0.05) is 40.2 Å².